The van der Waals surface area contributed by atoms with E-state index in [1.54, 1.807) is 12.1 Å². The SMILES string of the molecule is Cc1cccc(C)c1Cn1c2cc(-c3ccc(Cl)cc3Cl)ccc2c2c(C(N)=O)cccc21. The standard InChI is InChI=1S/C28H22Cl2N2O/c1-16-5-3-6-17(2)23(16)15-32-25-8-4-7-22(28(31)33)27(25)21-11-9-18(13-26(21)32)20-12-10-19(29)14-24(20)30/h3-14H,15H2,1-2H3,(H2,31,33). The normalized spacial score (nSPS) is 11.4. The molecule has 1 heterocycles. The van der Waals surface area contributed by atoms with Gasteiger partial charge in [0, 0.05) is 38.5 Å². The van der Waals surface area contributed by atoms with Crippen LogP contribution in [-0.2, 0) is 6.54 Å². The van der Waals surface area contributed by atoms with Crippen molar-refractivity contribution in [1.82, 2.24) is 4.57 Å². The third kappa shape index (κ3) is 3.68. The van der Waals surface area contributed by atoms with E-state index in [4.69, 9.17) is 28.9 Å². The number of benzene rings is 4. The van der Waals surface area contributed by atoms with Crippen molar-refractivity contribution in [3.63, 3.8) is 0 Å². The fourth-order valence-corrected chi connectivity index (χ4v) is 5.19. The number of fused-ring (bicyclic) bond motifs is 3. The van der Waals surface area contributed by atoms with Crippen molar-refractivity contribution in [2.24, 2.45) is 5.73 Å². The van der Waals surface area contributed by atoms with Gasteiger partial charge in [0.05, 0.1) is 11.0 Å². The van der Waals surface area contributed by atoms with Gasteiger partial charge in [0.25, 0.3) is 0 Å². The van der Waals surface area contributed by atoms with Gasteiger partial charge in [0.2, 0.25) is 5.91 Å². The Morgan fingerprint density at radius 1 is 0.879 bits per heavy atom. The Hall–Kier alpha value is -3.27. The Balaban J connectivity index is 1.83. The molecule has 0 aliphatic rings. The van der Waals surface area contributed by atoms with E-state index in [1.807, 2.05) is 36.4 Å². The summed E-state index contributed by atoms with van der Waals surface area (Å²) in [5, 5.41) is 3.05. The molecule has 33 heavy (non-hydrogen) atoms. The monoisotopic (exact) mass is 472 g/mol. The molecule has 0 saturated carbocycles. The van der Waals surface area contributed by atoms with Gasteiger partial charge in [0.15, 0.2) is 0 Å². The van der Waals surface area contributed by atoms with Crippen LogP contribution in [0.15, 0.2) is 72.8 Å². The highest BCUT2D eigenvalue weighted by Crippen LogP contribution is 2.37. The minimum atomic E-state index is -0.434. The van der Waals surface area contributed by atoms with Crippen LogP contribution in [0.4, 0.5) is 0 Å². The quantitative estimate of drug-likeness (QED) is 0.288. The summed E-state index contributed by atoms with van der Waals surface area (Å²) >= 11 is 12.6. The van der Waals surface area contributed by atoms with Gasteiger partial charge in [0.1, 0.15) is 0 Å². The van der Waals surface area contributed by atoms with Crippen LogP contribution in [0.1, 0.15) is 27.0 Å². The molecule has 0 saturated heterocycles. The number of primary amides is 1. The summed E-state index contributed by atoms with van der Waals surface area (Å²) in [7, 11) is 0. The second-order valence-corrected chi connectivity index (χ2v) is 9.22. The Labute approximate surface area is 202 Å². The van der Waals surface area contributed by atoms with Gasteiger partial charge in [-0.25, -0.2) is 0 Å². The molecule has 0 aliphatic carbocycles. The lowest BCUT2D eigenvalue weighted by atomic mass is 10.0. The Morgan fingerprint density at radius 2 is 1.61 bits per heavy atom. The van der Waals surface area contributed by atoms with Gasteiger partial charge >= 0.3 is 0 Å². The minimum absolute atomic E-state index is 0.434. The van der Waals surface area contributed by atoms with Gasteiger partial charge in [-0.15, -0.1) is 0 Å². The number of hydrogen-bond donors (Lipinski definition) is 1. The van der Waals surface area contributed by atoms with Crippen LogP contribution in [0, 0.1) is 13.8 Å². The average molecular weight is 473 g/mol. The van der Waals surface area contributed by atoms with Crippen LogP contribution >= 0.6 is 23.2 Å². The Bertz CT molecular complexity index is 1550. The minimum Gasteiger partial charge on any atom is -0.366 e. The number of hydrogen-bond acceptors (Lipinski definition) is 1. The number of nitrogens with zero attached hydrogens (tertiary/aromatic N) is 1. The number of aryl methyl sites for hydroxylation is 2. The van der Waals surface area contributed by atoms with Crippen LogP contribution in [0.2, 0.25) is 10.0 Å². The van der Waals surface area contributed by atoms with Crippen molar-refractivity contribution in [3.05, 3.63) is 105 Å². The maximum Gasteiger partial charge on any atom is 0.249 e. The van der Waals surface area contributed by atoms with Gasteiger partial charge in [-0.3, -0.25) is 4.79 Å². The maximum absolute atomic E-state index is 12.3. The first-order chi connectivity index (χ1) is 15.8. The highest BCUT2D eigenvalue weighted by atomic mass is 35.5. The number of carbonyl (C=O) groups excluding carboxylic acids is 1. The lowest BCUT2D eigenvalue weighted by Gasteiger charge is -2.14. The van der Waals surface area contributed by atoms with Crippen molar-refractivity contribution < 1.29 is 4.79 Å². The van der Waals surface area contributed by atoms with E-state index in [9.17, 15) is 4.79 Å². The molecule has 0 bridgehead atoms. The molecule has 2 N–H and O–H groups in total. The van der Waals surface area contributed by atoms with Crippen molar-refractivity contribution in [2.75, 3.05) is 0 Å². The number of rotatable bonds is 4. The largest absolute Gasteiger partial charge is 0.366 e. The van der Waals surface area contributed by atoms with Gasteiger partial charge in [-0.2, -0.15) is 0 Å². The van der Waals surface area contributed by atoms with Crippen molar-refractivity contribution in [3.8, 4) is 11.1 Å². The van der Waals surface area contributed by atoms with Crippen LogP contribution in [-0.4, -0.2) is 10.5 Å². The van der Waals surface area contributed by atoms with E-state index in [2.05, 4.69) is 42.7 Å². The molecule has 4 aromatic carbocycles. The second-order valence-electron chi connectivity index (χ2n) is 8.38. The first kappa shape index (κ1) is 21.6. The van der Waals surface area contributed by atoms with Crippen molar-refractivity contribution in [2.45, 2.75) is 20.4 Å². The third-order valence-electron chi connectivity index (χ3n) is 6.36. The van der Waals surface area contributed by atoms with E-state index >= 15 is 0 Å². The summed E-state index contributed by atoms with van der Waals surface area (Å²) in [6.45, 7) is 4.94. The summed E-state index contributed by atoms with van der Waals surface area (Å²) in [5.74, 6) is -0.434. The number of aromatic nitrogens is 1. The van der Waals surface area contributed by atoms with E-state index in [0.29, 0.717) is 22.2 Å². The van der Waals surface area contributed by atoms with E-state index in [1.165, 1.54) is 16.7 Å². The number of carbonyl (C=O) groups is 1. The highest BCUT2D eigenvalue weighted by Gasteiger charge is 2.18. The molecule has 3 nitrogen and oxygen atoms in total. The van der Waals surface area contributed by atoms with Crippen LogP contribution in [0.25, 0.3) is 32.9 Å². The number of nitrogens with two attached hydrogens (primary N) is 1. The molecule has 1 amide bonds. The second kappa shape index (κ2) is 8.26. The molecule has 0 atom stereocenters. The fraction of sp³-hybridized carbons (Fsp3) is 0.107. The first-order valence-corrected chi connectivity index (χ1v) is 11.5. The zero-order valence-electron chi connectivity index (χ0n) is 18.3. The molecule has 5 heteroatoms. The maximum atomic E-state index is 12.3. The summed E-state index contributed by atoms with van der Waals surface area (Å²) in [6.07, 6.45) is 0. The Morgan fingerprint density at radius 3 is 2.30 bits per heavy atom. The molecule has 5 aromatic rings. The molecule has 0 unspecified atom stereocenters. The summed E-state index contributed by atoms with van der Waals surface area (Å²) in [5.41, 5.74) is 13.9. The average Bonchev–Trinajstić information content (AvgIpc) is 3.09. The molecular formula is C28H22Cl2N2O. The van der Waals surface area contributed by atoms with Gasteiger partial charge in [-0.05, 0) is 66.4 Å². The van der Waals surface area contributed by atoms with Crippen molar-refractivity contribution in [1.29, 1.82) is 0 Å². The molecule has 164 valence electrons. The molecule has 0 radical (unpaired) electrons. The van der Waals surface area contributed by atoms with Crippen molar-refractivity contribution >= 4 is 50.9 Å². The number of halogens is 2. The smallest absolute Gasteiger partial charge is 0.249 e. The summed E-state index contributed by atoms with van der Waals surface area (Å²) < 4.78 is 2.26. The predicted octanol–water partition coefficient (Wildman–Crippen LogP) is 7.53. The van der Waals surface area contributed by atoms with E-state index in [0.717, 1.165) is 32.9 Å². The fourth-order valence-electron chi connectivity index (χ4n) is 4.67. The van der Waals surface area contributed by atoms with E-state index in [-0.39, 0.29) is 0 Å². The lowest BCUT2D eigenvalue weighted by molar-refractivity contribution is 0.100. The van der Waals surface area contributed by atoms with Crippen LogP contribution in [0.5, 0.6) is 0 Å². The van der Waals surface area contributed by atoms with Crippen LogP contribution in [0.3, 0.4) is 0 Å². The zero-order chi connectivity index (χ0) is 23.3. The molecular weight excluding hydrogens is 451 g/mol. The molecule has 1 aromatic heterocycles. The predicted molar refractivity (Wildman–Crippen MR) is 138 cm³/mol. The zero-order valence-corrected chi connectivity index (χ0v) is 19.8. The molecule has 0 aliphatic heterocycles. The van der Waals surface area contributed by atoms with Gasteiger partial charge < -0.3 is 10.3 Å². The highest BCUT2D eigenvalue weighted by molar-refractivity contribution is 6.36. The third-order valence-corrected chi connectivity index (χ3v) is 6.91. The first-order valence-electron chi connectivity index (χ1n) is 10.7. The molecule has 0 fully saturated rings. The topological polar surface area (TPSA) is 48.0 Å². The van der Waals surface area contributed by atoms with E-state index < -0.39 is 5.91 Å². The summed E-state index contributed by atoms with van der Waals surface area (Å²) in [4.78, 5) is 12.3. The van der Waals surface area contributed by atoms with Gasteiger partial charge in [-0.1, -0.05) is 65.7 Å². The summed E-state index contributed by atoms with van der Waals surface area (Å²) in [6, 6.07) is 23.8. The lowest BCUT2D eigenvalue weighted by Crippen LogP contribution is -2.11. The molecule has 0 spiro atoms. The Kier molecular flexibility index (Phi) is 5.40. The molecule has 5 rings (SSSR count). The van der Waals surface area contributed by atoms with Crippen LogP contribution < -0.4 is 5.73 Å². The number of amides is 1.